The molecule has 2 nitrogen and oxygen atoms in total. The average molecular weight is 311 g/mol. The summed E-state index contributed by atoms with van der Waals surface area (Å²) in [5.74, 6) is -1.45. The van der Waals surface area contributed by atoms with Gasteiger partial charge in [0.1, 0.15) is 5.82 Å². The van der Waals surface area contributed by atoms with Crippen LogP contribution in [0.1, 0.15) is 5.56 Å². The molecule has 1 aromatic heterocycles. The number of aryl methyl sites for hydroxylation is 1. The molecule has 0 spiro atoms. The van der Waals surface area contributed by atoms with E-state index in [-0.39, 0.29) is 10.7 Å². The van der Waals surface area contributed by atoms with E-state index >= 15 is 0 Å². The average Bonchev–Trinajstić information content (AvgIpc) is 2.78. The first-order valence-corrected chi connectivity index (χ1v) is 7.02. The minimum atomic E-state index is -0.744. The maximum atomic E-state index is 13.7. The number of hydrogen-bond acceptors (Lipinski definition) is 3. The van der Waals surface area contributed by atoms with Crippen molar-refractivity contribution in [3.05, 3.63) is 52.6 Å². The largest absolute Gasteiger partial charge is 0.328 e. The Hall–Kier alpha value is -1.72. The highest BCUT2D eigenvalue weighted by Crippen LogP contribution is 2.34. The first-order chi connectivity index (χ1) is 9.54. The van der Waals surface area contributed by atoms with E-state index in [4.69, 9.17) is 11.6 Å². The predicted octanol–water partition coefficient (Wildman–Crippen LogP) is 5.28. The monoisotopic (exact) mass is 310 g/mol. The Bertz CT molecular complexity index is 778. The summed E-state index contributed by atoms with van der Waals surface area (Å²) in [6.07, 6.45) is 0. The second-order valence-corrected chi connectivity index (χ2v) is 5.75. The fourth-order valence-electron chi connectivity index (χ4n) is 1.91. The van der Waals surface area contributed by atoms with E-state index in [0.717, 1.165) is 27.9 Å². The molecule has 0 bridgehead atoms. The van der Waals surface area contributed by atoms with Crippen LogP contribution in [0.4, 0.5) is 19.6 Å². The normalized spacial score (nSPS) is 11.0. The van der Waals surface area contributed by atoms with E-state index < -0.39 is 11.6 Å². The van der Waals surface area contributed by atoms with E-state index in [1.807, 2.05) is 25.1 Å². The molecule has 0 amide bonds. The van der Waals surface area contributed by atoms with Gasteiger partial charge >= 0.3 is 0 Å². The van der Waals surface area contributed by atoms with Crippen molar-refractivity contribution >= 4 is 44.0 Å². The molecule has 0 unspecified atom stereocenters. The Morgan fingerprint density at radius 2 is 2.05 bits per heavy atom. The Labute approximate surface area is 123 Å². The number of nitrogens with zero attached hydrogens (tertiary/aromatic N) is 1. The lowest BCUT2D eigenvalue weighted by Crippen LogP contribution is -1.95. The predicted molar refractivity (Wildman–Crippen MR) is 79.0 cm³/mol. The molecule has 0 saturated carbocycles. The minimum absolute atomic E-state index is 0.0153. The fraction of sp³-hybridized carbons (Fsp3) is 0.0714. The van der Waals surface area contributed by atoms with Gasteiger partial charge in [-0.1, -0.05) is 35.1 Å². The van der Waals surface area contributed by atoms with Crippen LogP contribution in [0, 0.1) is 18.6 Å². The molecule has 0 saturated heterocycles. The zero-order valence-electron chi connectivity index (χ0n) is 10.4. The number of benzene rings is 2. The lowest BCUT2D eigenvalue weighted by Gasteiger charge is -2.06. The lowest BCUT2D eigenvalue weighted by molar-refractivity contribution is 0.586. The van der Waals surface area contributed by atoms with Crippen molar-refractivity contribution in [3.8, 4) is 0 Å². The molecule has 2 aromatic carbocycles. The maximum absolute atomic E-state index is 13.7. The van der Waals surface area contributed by atoms with Crippen LogP contribution < -0.4 is 5.32 Å². The smallest absolute Gasteiger partial charge is 0.188 e. The number of halogens is 3. The highest BCUT2D eigenvalue weighted by molar-refractivity contribution is 7.22. The van der Waals surface area contributed by atoms with Crippen LogP contribution in [0.25, 0.3) is 10.2 Å². The van der Waals surface area contributed by atoms with Crippen LogP contribution in [-0.2, 0) is 0 Å². The highest BCUT2D eigenvalue weighted by Gasteiger charge is 2.13. The summed E-state index contributed by atoms with van der Waals surface area (Å²) >= 11 is 7.24. The van der Waals surface area contributed by atoms with Crippen molar-refractivity contribution in [3.63, 3.8) is 0 Å². The molecule has 1 heterocycles. The van der Waals surface area contributed by atoms with E-state index in [1.165, 1.54) is 11.3 Å². The van der Waals surface area contributed by atoms with Crippen molar-refractivity contribution in [2.75, 3.05) is 5.32 Å². The van der Waals surface area contributed by atoms with Crippen LogP contribution in [0.2, 0.25) is 5.02 Å². The molecule has 0 aliphatic carbocycles. The quantitative estimate of drug-likeness (QED) is 0.696. The molecule has 0 aliphatic rings. The van der Waals surface area contributed by atoms with E-state index in [9.17, 15) is 8.78 Å². The zero-order chi connectivity index (χ0) is 14.3. The third kappa shape index (κ3) is 2.34. The van der Waals surface area contributed by atoms with Crippen LogP contribution in [-0.4, -0.2) is 4.98 Å². The second kappa shape index (κ2) is 5.00. The maximum Gasteiger partial charge on any atom is 0.188 e. The van der Waals surface area contributed by atoms with Crippen molar-refractivity contribution < 1.29 is 8.78 Å². The standard InChI is InChI=1S/C14H9ClF2N2S/c1-7-3-2-4-11-12(7)18-14(20-11)19-13-9(15)5-8(16)6-10(13)17/h2-6H,1H3,(H,18,19). The van der Waals surface area contributed by atoms with E-state index in [1.54, 1.807) is 0 Å². The molecule has 20 heavy (non-hydrogen) atoms. The highest BCUT2D eigenvalue weighted by atomic mass is 35.5. The summed E-state index contributed by atoms with van der Waals surface area (Å²) in [6.45, 7) is 1.96. The lowest BCUT2D eigenvalue weighted by atomic mass is 10.2. The van der Waals surface area contributed by atoms with Gasteiger partial charge in [0.15, 0.2) is 10.9 Å². The van der Waals surface area contributed by atoms with Crippen LogP contribution in [0.3, 0.4) is 0 Å². The van der Waals surface area contributed by atoms with Gasteiger partial charge in [-0.3, -0.25) is 0 Å². The molecule has 102 valence electrons. The molecular formula is C14H9ClF2N2S. The summed E-state index contributed by atoms with van der Waals surface area (Å²) in [5.41, 5.74) is 1.93. The van der Waals surface area contributed by atoms with Gasteiger partial charge in [-0.25, -0.2) is 13.8 Å². The van der Waals surface area contributed by atoms with Gasteiger partial charge in [-0.15, -0.1) is 0 Å². The summed E-state index contributed by atoms with van der Waals surface area (Å²) in [4.78, 5) is 4.40. The SMILES string of the molecule is Cc1cccc2sc(Nc3c(F)cc(F)cc3Cl)nc12. The summed E-state index contributed by atoms with van der Waals surface area (Å²) < 4.78 is 27.7. The topological polar surface area (TPSA) is 24.9 Å². The third-order valence-corrected chi connectivity index (χ3v) is 4.09. The molecular weight excluding hydrogens is 302 g/mol. The molecule has 6 heteroatoms. The Balaban J connectivity index is 2.04. The number of hydrogen-bond donors (Lipinski definition) is 1. The second-order valence-electron chi connectivity index (χ2n) is 4.31. The number of para-hydroxylation sites is 1. The fourth-order valence-corrected chi connectivity index (χ4v) is 3.10. The first-order valence-electron chi connectivity index (χ1n) is 5.82. The molecule has 0 fully saturated rings. The number of nitrogens with one attached hydrogen (secondary N) is 1. The molecule has 0 aliphatic heterocycles. The van der Waals surface area contributed by atoms with Crippen LogP contribution in [0.5, 0.6) is 0 Å². The van der Waals surface area contributed by atoms with E-state index in [0.29, 0.717) is 5.13 Å². The van der Waals surface area contributed by atoms with Gasteiger partial charge in [0.05, 0.1) is 20.9 Å². The Morgan fingerprint density at radius 3 is 2.75 bits per heavy atom. The minimum Gasteiger partial charge on any atom is -0.328 e. The molecule has 0 atom stereocenters. The molecule has 0 radical (unpaired) electrons. The number of fused-ring (bicyclic) bond motifs is 1. The van der Waals surface area contributed by atoms with Gasteiger partial charge in [-0.05, 0) is 24.6 Å². The number of thiazole rings is 1. The van der Waals surface area contributed by atoms with Crippen molar-refractivity contribution in [1.29, 1.82) is 0 Å². The van der Waals surface area contributed by atoms with E-state index in [2.05, 4.69) is 10.3 Å². The van der Waals surface area contributed by atoms with Crippen LogP contribution >= 0.6 is 22.9 Å². The zero-order valence-corrected chi connectivity index (χ0v) is 11.9. The van der Waals surface area contributed by atoms with Gasteiger partial charge in [0.2, 0.25) is 0 Å². The number of rotatable bonds is 2. The van der Waals surface area contributed by atoms with Crippen molar-refractivity contribution in [2.24, 2.45) is 0 Å². The molecule has 3 aromatic rings. The van der Waals surface area contributed by atoms with Gasteiger partial charge in [0.25, 0.3) is 0 Å². The Morgan fingerprint density at radius 1 is 1.25 bits per heavy atom. The molecule has 3 rings (SSSR count). The van der Waals surface area contributed by atoms with Crippen molar-refractivity contribution in [2.45, 2.75) is 6.92 Å². The third-order valence-electron chi connectivity index (χ3n) is 2.86. The van der Waals surface area contributed by atoms with Crippen molar-refractivity contribution in [1.82, 2.24) is 4.98 Å². The van der Waals surface area contributed by atoms with Gasteiger partial charge in [0, 0.05) is 6.07 Å². The first kappa shape index (κ1) is 13.3. The van der Waals surface area contributed by atoms with Crippen LogP contribution in [0.15, 0.2) is 30.3 Å². The molecule has 1 N–H and O–H groups in total. The number of anilines is 2. The summed E-state index contributed by atoms with van der Waals surface area (Å²) in [7, 11) is 0. The summed E-state index contributed by atoms with van der Waals surface area (Å²) in [6, 6.07) is 7.68. The van der Waals surface area contributed by atoms with Gasteiger partial charge in [-0.2, -0.15) is 0 Å². The van der Waals surface area contributed by atoms with Gasteiger partial charge < -0.3 is 5.32 Å². The Kier molecular flexibility index (Phi) is 3.31. The summed E-state index contributed by atoms with van der Waals surface area (Å²) in [5, 5.41) is 3.32. The number of aromatic nitrogens is 1.